The summed E-state index contributed by atoms with van der Waals surface area (Å²) in [7, 11) is 2.15. The lowest BCUT2D eigenvalue weighted by molar-refractivity contribution is 0.553. The molecule has 3 nitrogen and oxygen atoms in total. The molecule has 1 aromatic heterocycles. The number of nitrogens with two attached hydrogens (primary N) is 1. The molecule has 0 bridgehead atoms. The van der Waals surface area contributed by atoms with Crippen molar-refractivity contribution in [3.8, 4) is 0 Å². The first-order valence-electron chi connectivity index (χ1n) is 6.01. The van der Waals surface area contributed by atoms with Gasteiger partial charge in [0.15, 0.2) is 0 Å². The molecule has 0 radical (unpaired) electrons. The van der Waals surface area contributed by atoms with Gasteiger partial charge in [-0.3, -0.25) is 0 Å². The van der Waals surface area contributed by atoms with Gasteiger partial charge in [-0.15, -0.1) is 0 Å². The van der Waals surface area contributed by atoms with E-state index in [1.807, 2.05) is 0 Å². The Bertz CT molecular complexity index is 341. The second kappa shape index (κ2) is 4.35. The molecule has 0 saturated heterocycles. The molecule has 15 heavy (non-hydrogen) atoms. The minimum absolute atomic E-state index is 0.325. The van der Waals surface area contributed by atoms with E-state index in [2.05, 4.69) is 18.5 Å². The van der Waals surface area contributed by atoms with Gasteiger partial charge in [-0.05, 0) is 19.3 Å². The quantitative estimate of drug-likeness (QED) is 0.817. The fourth-order valence-electron chi connectivity index (χ4n) is 2.35. The van der Waals surface area contributed by atoms with Crippen LogP contribution in [-0.2, 0) is 26.3 Å². The third-order valence-corrected chi connectivity index (χ3v) is 3.35. The average Bonchev–Trinajstić information content (AvgIpc) is 2.52. The van der Waals surface area contributed by atoms with Gasteiger partial charge in [0.05, 0.1) is 5.69 Å². The van der Waals surface area contributed by atoms with Gasteiger partial charge in [0.1, 0.15) is 5.82 Å². The number of fused-ring (bicyclic) bond motifs is 1. The molecule has 1 aliphatic rings. The molecule has 1 aromatic rings. The van der Waals surface area contributed by atoms with Crippen molar-refractivity contribution in [2.75, 3.05) is 0 Å². The van der Waals surface area contributed by atoms with Crippen molar-refractivity contribution in [1.82, 2.24) is 9.55 Å². The summed E-state index contributed by atoms with van der Waals surface area (Å²) < 4.78 is 2.29. The van der Waals surface area contributed by atoms with Crippen LogP contribution in [0, 0.1) is 0 Å². The maximum atomic E-state index is 5.96. The number of hydrogen-bond donors (Lipinski definition) is 1. The number of hydrogen-bond acceptors (Lipinski definition) is 2. The number of aromatic nitrogens is 2. The van der Waals surface area contributed by atoms with Crippen molar-refractivity contribution < 1.29 is 0 Å². The van der Waals surface area contributed by atoms with Crippen LogP contribution in [0.4, 0.5) is 0 Å². The lowest BCUT2D eigenvalue weighted by Crippen LogP contribution is -2.28. The third kappa shape index (κ3) is 2.07. The van der Waals surface area contributed by atoms with Gasteiger partial charge in [0.25, 0.3) is 0 Å². The smallest absolute Gasteiger partial charge is 0.108 e. The van der Waals surface area contributed by atoms with Gasteiger partial charge >= 0.3 is 0 Å². The minimum atomic E-state index is 0.325. The summed E-state index contributed by atoms with van der Waals surface area (Å²) in [6, 6.07) is 0.325. The van der Waals surface area contributed by atoms with E-state index < -0.39 is 0 Å². The predicted octanol–water partition coefficient (Wildman–Crippen LogP) is 1.58. The average molecular weight is 207 g/mol. The molecule has 2 rings (SSSR count). The number of unbranched alkanes of at least 4 members (excludes halogenated alkanes) is 1. The fourth-order valence-corrected chi connectivity index (χ4v) is 2.35. The minimum Gasteiger partial charge on any atom is -0.335 e. The van der Waals surface area contributed by atoms with E-state index in [-0.39, 0.29) is 0 Å². The molecular weight excluding hydrogens is 186 g/mol. The third-order valence-electron chi connectivity index (χ3n) is 3.35. The zero-order chi connectivity index (χ0) is 10.8. The van der Waals surface area contributed by atoms with Gasteiger partial charge in [-0.1, -0.05) is 13.3 Å². The highest BCUT2D eigenvalue weighted by Gasteiger charge is 2.21. The summed E-state index contributed by atoms with van der Waals surface area (Å²) in [5.41, 5.74) is 8.63. The number of nitrogens with zero attached hydrogens (tertiary/aromatic N) is 2. The Labute approximate surface area is 91.7 Å². The molecule has 0 spiro atoms. The zero-order valence-electron chi connectivity index (χ0n) is 9.79. The SMILES string of the molecule is CCCCc1nc2c(n1C)CCC(N)C2. The number of aryl methyl sites for hydroxylation is 1. The summed E-state index contributed by atoms with van der Waals surface area (Å²) in [4.78, 5) is 4.72. The molecule has 1 heterocycles. The molecule has 0 fully saturated rings. The van der Waals surface area contributed by atoms with E-state index in [0.717, 1.165) is 25.7 Å². The molecule has 0 aliphatic heterocycles. The highest BCUT2D eigenvalue weighted by molar-refractivity contribution is 5.21. The summed E-state index contributed by atoms with van der Waals surface area (Å²) in [5, 5.41) is 0. The molecule has 1 unspecified atom stereocenters. The monoisotopic (exact) mass is 207 g/mol. The van der Waals surface area contributed by atoms with E-state index in [4.69, 9.17) is 10.7 Å². The van der Waals surface area contributed by atoms with E-state index >= 15 is 0 Å². The highest BCUT2D eigenvalue weighted by atomic mass is 15.1. The lowest BCUT2D eigenvalue weighted by Gasteiger charge is -2.17. The van der Waals surface area contributed by atoms with Crippen LogP contribution < -0.4 is 5.73 Å². The van der Waals surface area contributed by atoms with E-state index in [0.29, 0.717) is 6.04 Å². The van der Waals surface area contributed by atoms with Gasteiger partial charge in [0, 0.05) is 31.6 Å². The Morgan fingerprint density at radius 1 is 1.53 bits per heavy atom. The Morgan fingerprint density at radius 2 is 2.33 bits per heavy atom. The Hall–Kier alpha value is -0.830. The topological polar surface area (TPSA) is 43.8 Å². The van der Waals surface area contributed by atoms with Crippen molar-refractivity contribution >= 4 is 0 Å². The summed E-state index contributed by atoms with van der Waals surface area (Å²) in [6.45, 7) is 2.22. The molecular formula is C12H21N3. The molecule has 3 heteroatoms. The van der Waals surface area contributed by atoms with E-state index in [1.165, 1.54) is 30.1 Å². The molecule has 0 saturated carbocycles. The molecule has 84 valence electrons. The second-order valence-corrected chi connectivity index (χ2v) is 4.59. The Balaban J connectivity index is 2.20. The van der Waals surface area contributed by atoms with Crippen LogP contribution in [0.2, 0.25) is 0 Å². The van der Waals surface area contributed by atoms with Crippen LogP contribution in [0.25, 0.3) is 0 Å². The fraction of sp³-hybridized carbons (Fsp3) is 0.750. The lowest BCUT2D eigenvalue weighted by atomic mass is 9.97. The first kappa shape index (κ1) is 10.7. The van der Waals surface area contributed by atoms with Gasteiger partial charge < -0.3 is 10.3 Å². The zero-order valence-corrected chi connectivity index (χ0v) is 9.79. The first-order valence-corrected chi connectivity index (χ1v) is 6.01. The summed E-state index contributed by atoms with van der Waals surface area (Å²) >= 11 is 0. The number of imidazole rings is 1. The van der Waals surface area contributed by atoms with Crippen molar-refractivity contribution in [2.24, 2.45) is 12.8 Å². The van der Waals surface area contributed by atoms with Crippen LogP contribution in [0.1, 0.15) is 43.4 Å². The van der Waals surface area contributed by atoms with Crippen molar-refractivity contribution in [3.63, 3.8) is 0 Å². The van der Waals surface area contributed by atoms with Gasteiger partial charge in [0.2, 0.25) is 0 Å². The maximum absolute atomic E-state index is 5.96. The Morgan fingerprint density at radius 3 is 3.07 bits per heavy atom. The number of rotatable bonds is 3. The second-order valence-electron chi connectivity index (χ2n) is 4.59. The van der Waals surface area contributed by atoms with E-state index in [9.17, 15) is 0 Å². The van der Waals surface area contributed by atoms with Crippen molar-refractivity contribution in [1.29, 1.82) is 0 Å². The van der Waals surface area contributed by atoms with Crippen molar-refractivity contribution in [2.45, 2.75) is 51.5 Å². The molecule has 1 atom stereocenters. The van der Waals surface area contributed by atoms with Crippen LogP contribution in [0.15, 0.2) is 0 Å². The van der Waals surface area contributed by atoms with Crippen LogP contribution in [-0.4, -0.2) is 15.6 Å². The van der Waals surface area contributed by atoms with Gasteiger partial charge in [-0.25, -0.2) is 4.98 Å². The molecule has 0 amide bonds. The Kier molecular flexibility index (Phi) is 3.10. The normalized spacial score (nSPS) is 20.3. The van der Waals surface area contributed by atoms with Crippen LogP contribution >= 0.6 is 0 Å². The first-order chi connectivity index (χ1) is 7.22. The predicted molar refractivity (Wildman–Crippen MR) is 61.8 cm³/mol. The molecule has 0 aromatic carbocycles. The van der Waals surface area contributed by atoms with Crippen LogP contribution in [0.3, 0.4) is 0 Å². The molecule has 1 aliphatic carbocycles. The maximum Gasteiger partial charge on any atom is 0.108 e. The largest absolute Gasteiger partial charge is 0.335 e. The van der Waals surface area contributed by atoms with E-state index in [1.54, 1.807) is 0 Å². The standard InChI is InChI=1S/C12H21N3/c1-3-4-5-12-14-10-8-9(13)6-7-11(10)15(12)2/h9H,3-8,13H2,1-2H3. The summed E-state index contributed by atoms with van der Waals surface area (Å²) in [6.07, 6.45) is 6.75. The van der Waals surface area contributed by atoms with Gasteiger partial charge in [-0.2, -0.15) is 0 Å². The highest BCUT2D eigenvalue weighted by Crippen LogP contribution is 2.21. The summed E-state index contributed by atoms with van der Waals surface area (Å²) in [5.74, 6) is 1.25. The van der Waals surface area contributed by atoms with Crippen LogP contribution in [0.5, 0.6) is 0 Å². The molecule has 2 N–H and O–H groups in total. The van der Waals surface area contributed by atoms with Crippen molar-refractivity contribution in [3.05, 3.63) is 17.2 Å².